The highest BCUT2D eigenvalue weighted by atomic mass is 35.5. The zero-order chi connectivity index (χ0) is 12.3. The third kappa shape index (κ3) is 2.99. The lowest BCUT2D eigenvalue weighted by molar-refractivity contribution is -0.120. The van der Waals surface area contributed by atoms with Crippen LogP contribution in [0.1, 0.15) is 18.4 Å². The van der Waals surface area contributed by atoms with Crippen LogP contribution in [-0.4, -0.2) is 19.0 Å². The molecule has 2 rings (SSSR count). The Kier molecular flexibility index (Phi) is 4.02. The second-order valence-electron chi connectivity index (χ2n) is 4.46. The van der Waals surface area contributed by atoms with Crippen molar-refractivity contribution in [2.24, 2.45) is 5.92 Å². The Hall–Kier alpha value is -1.06. The van der Waals surface area contributed by atoms with E-state index in [1.807, 2.05) is 19.1 Å². The number of rotatable bonds is 2. The summed E-state index contributed by atoms with van der Waals surface area (Å²) < 4.78 is 0. The summed E-state index contributed by atoms with van der Waals surface area (Å²) in [5, 5.41) is 6.77. The van der Waals surface area contributed by atoms with Crippen molar-refractivity contribution < 1.29 is 4.79 Å². The molecule has 0 saturated carbocycles. The molecule has 0 spiro atoms. The molecule has 1 heterocycles. The van der Waals surface area contributed by atoms with E-state index in [0.29, 0.717) is 5.02 Å². The van der Waals surface area contributed by atoms with Gasteiger partial charge in [-0.25, -0.2) is 0 Å². The van der Waals surface area contributed by atoms with Crippen molar-refractivity contribution in [2.75, 3.05) is 18.4 Å². The van der Waals surface area contributed by atoms with Crippen LogP contribution >= 0.6 is 11.6 Å². The van der Waals surface area contributed by atoms with E-state index >= 15 is 0 Å². The summed E-state index contributed by atoms with van der Waals surface area (Å²) in [6.07, 6.45) is 2.00. The molecule has 92 valence electrons. The Morgan fingerprint density at radius 1 is 1.53 bits per heavy atom. The summed E-state index contributed by atoms with van der Waals surface area (Å²) in [4.78, 5) is 12.1. The average Bonchev–Trinajstić information content (AvgIpc) is 2.35. The molecule has 1 aliphatic rings. The fraction of sp³-hybridized carbons (Fsp3) is 0.462. The molecule has 1 aliphatic heterocycles. The van der Waals surface area contributed by atoms with E-state index in [-0.39, 0.29) is 11.8 Å². The molecule has 3 nitrogen and oxygen atoms in total. The molecular weight excluding hydrogens is 236 g/mol. The van der Waals surface area contributed by atoms with E-state index in [2.05, 4.69) is 10.6 Å². The molecule has 2 N–H and O–H groups in total. The Labute approximate surface area is 107 Å². The van der Waals surface area contributed by atoms with Gasteiger partial charge in [0.05, 0.1) is 16.6 Å². The molecule has 1 aromatic rings. The summed E-state index contributed by atoms with van der Waals surface area (Å²) in [7, 11) is 0. The number of anilines is 1. The molecule has 0 radical (unpaired) electrons. The van der Waals surface area contributed by atoms with E-state index in [1.54, 1.807) is 6.07 Å². The fourth-order valence-electron chi connectivity index (χ4n) is 2.09. The maximum absolute atomic E-state index is 12.1. The molecule has 0 aliphatic carbocycles. The highest BCUT2D eigenvalue weighted by Gasteiger charge is 2.21. The van der Waals surface area contributed by atoms with E-state index < -0.39 is 0 Å². The topological polar surface area (TPSA) is 41.1 Å². The number of hydrogen-bond acceptors (Lipinski definition) is 2. The molecule has 1 aromatic carbocycles. The number of halogens is 1. The second kappa shape index (κ2) is 5.52. The lowest BCUT2D eigenvalue weighted by Gasteiger charge is -2.22. The molecule has 1 fully saturated rings. The molecule has 4 heteroatoms. The van der Waals surface area contributed by atoms with E-state index in [9.17, 15) is 4.79 Å². The lowest BCUT2D eigenvalue weighted by atomic mass is 9.98. The zero-order valence-corrected chi connectivity index (χ0v) is 10.7. The van der Waals surface area contributed by atoms with Gasteiger partial charge < -0.3 is 10.6 Å². The van der Waals surface area contributed by atoms with Crippen LogP contribution in [0.2, 0.25) is 5.02 Å². The highest BCUT2D eigenvalue weighted by molar-refractivity contribution is 6.33. The number of aryl methyl sites for hydroxylation is 1. The SMILES string of the molecule is Cc1cccc(Cl)c1NC(=O)[C@H]1CCCNC1. The normalized spacial score (nSPS) is 20.0. The van der Waals surface area contributed by atoms with Crippen molar-refractivity contribution in [1.29, 1.82) is 0 Å². The number of amides is 1. The van der Waals surface area contributed by atoms with Crippen LogP contribution in [0.4, 0.5) is 5.69 Å². The molecule has 1 atom stereocenters. The number of carbonyl (C=O) groups is 1. The molecule has 17 heavy (non-hydrogen) atoms. The predicted octanol–water partition coefficient (Wildman–Crippen LogP) is 2.59. The largest absolute Gasteiger partial charge is 0.324 e. The Balaban J connectivity index is 2.07. The summed E-state index contributed by atoms with van der Waals surface area (Å²) in [5.41, 5.74) is 1.74. The highest BCUT2D eigenvalue weighted by Crippen LogP contribution is 2.26. The number of piperidine rings is 1. The summed E-state index contributed by atoms with van der Waals surface area (Å²) in [6, 6.07) is 5.62. The van der Waals surface area contributed by atoms with Crippen LogP contribution in [0, 0.1) is 12.8 Å². The van der Waals surface area contributed by atoms with Gasteiger partial charge in [-0.2, -0.15) is 0 Å². The van der Waals surface area contributed by atoms with Crippen LogP contribution in [0.15, 0.2) is 18.2 Å². The van der Waals surface area contributed by atoms with Crippen molar-refractivity contribution in [3.8, 4) is 0 Å². The predicted molar refractivity (Wildman–Crippen MR) is 70.4 cm³/mol. The number of para-hydroxylation sites is 1. The van der Waals surface area contributed by atoms with Crippen LogP contribution in [0.5, 0.6) is 0 Å². The van der Waals surface area contributed by atoms with E-state index in [1.165, 1.54) is 0 Å². The van der Waals surface area contributed by atoms with Gasteiger partial charge in [0.2, 0.25) is 5.91 Å². The maximum atomic E-state index is 12.1. The molecule has 0 aromatic heterocycles. The molecule has 1 saturated heterocycles. The maximum Gasteiger partial charge on any atom is 0.228 e. The number of carbonyl (C=O) groups excluding carboxylic acids is 1. The van der Waals surface area contributed by atoms with Crippen LogP contribution in [-0.2, 0) is 4.79 Å². The van der Waals surface area contributed by atoms with Gasteiger partial charge in [0, 0.05) is 6.54 Å². The molecular formula is C13H17ClN2O. The van der Waals surface area contributed by atoms with Gasteiger partial charge in [-0.05, 0) is 37.9 Å². The van der Waals surface area contributed by atoms with E-state index in [4.69, 9.17) is 11.6 Å². The van der Waals surface area contributed by atoms with Gasteiger partial charge in [0.1, 0.15) is 0 Å². The van der Waals surface area contributed by atoms with Gasteiger partial charge >= 0.3 is 0 Å². The minimum Gasteiger partial charge on any atom is -0.324 e. The number of nitrogens with one attached hydrogen (secondary N) is 2. The van der Waals surface area contributed by atoms with Crippen molar-refractivity contribution in [2.45, 2.75) is 19.8 Å². The number of hydrogen-bond donors (Lipinski definition) is 2. The van der Waals surface area contributed by atoms with Crippen molar-refractivity contribution in [3.05, 3.63) is 28.8 Å². The third-order valence-corrected chi connectivity index (χ3v) is 3.45. The zero-order valence-electron chi connectivity index (χ0n) is 9.92. The van der Waals surface area contributed by atoms with Gasteiger partial charge in [-0.1, -0.05) is 23.7 Å². The molecule has 0 bridgehead atoms. The van der Waals surface area contributed by atoms with Crippen molar-refractivity contribution >= 4 is 23.2 Å². The van der Waals surface area contributed by atoms with Gasteiger partial charge in [0.15, 0.2) is 0 Å². The fourth-order valence-corrected chi connectivity index (χ4v) is 2.36. The average molecular weight is 253 g/mol. The molecule has 1 amide bonds. The monoisotopic (exact) mass is 252 g/mol. The minimum absolute atomic E-state index is 0.0550. The van der Waals surface area contributed by atoms with E-state index in [0.717, 1.165) is 37.2 Å². The van der Waals surface area contributed by atoms with Crippen LogP contribution in [0.3, 0.4) is 0 Å². The lowest BCUT2D eigenvalue weighted by Crippen LogP contribution is -2.37. The number of benzene rings is 1. The van der Waals surface area contributed by atoms with Gasteiger partial charge in [-0.3, -0.25) is 4.79 Å². The summed E-state index contributed by atoms with van der Waals surface area (Å²) in [6.45, 7) is 3.71. The van der Waals surface area contributed by atoms with Gasteiger partial charge in [0.25, 0.3) is 0 Å². The first-order chi connectivity index (χ1) is 8.18. The first-order valence-corrected chi connectivity index (χ1v) is 6.33. The summed E-state index contributed by atoms with van der Waals surface area (Å²) in [5.74, 6) is 0.118. The smallest absolute Gasteiger partial charge is 0.228 e. The third-order valence-electron chi connectivity index (χ3n) is 3.14. The first kappa shape index (κ1) is 12.4. The summed E-state index contributed by atoms with van der Waals surface area (Å²) >= 11 is 6.08. The quantitative estimate of drug-likeness (QED) is 0.850. The van der Waals surface area contributed by atoms with Crippen molar-refractivity contribution in [1.82, 2.24) is 5.32 Å². The van der Waals surface area contributed by atoms with Gasteiger partial charge in [-0.15, -0.1) is 0 Å². The molecule has 0 unspecified atom stereocenters. The van der Waals surface area contributed by atoms with Crippen LogP contribution < -0.4 is 10.6 Å². The first-order valence-electron chi connectivity index (χ1n) is 5.95. The van der Waals surface area contributed by atoms with Crippen molar-refractivity contribution in [3.63, 3.8) is 0 Å². The Morgan fingerprint density at radius 3 is 3.00 bits per heavy atom. The second-order valence-corrected chi connectivity index (χ2v) is 4.87. The Bertz CT molecular complexity index is 394. The van der Waals surface area contributed by atoms with Crippen LogP contribution in [0.25, 0.3) is 0 Å². The standard InChI is InChI=1S/C13H17ClN2O/c1-9-4-2-6-11(14)12(9)16-13(17)10-5-3-7-15-8-10/h2,4,6,10,15H,3,5,7-8H2,1H3,(H,16,17)/t10-/m0/s1. The Morgan fingerprint density at radius 2 is 2.35 bits per heavy atom. The minimum atomic E-state index is 0.0550.